The van der Waals surface area contributed by atoms with Crippen LogP contribution >= 0.6 is 11.8 Å². The summed E-state index contributed by atoms with van der Waals surface area (Å²) in [7, 11) is 0. The lowest BCUT2D eigenvalue weighted by atomic mass is 10.3. The van der Waals surface area contributed by atoms with Crippen molar-refractivity contribution in [3.8, 4) is 5.69 Å². The lowest BCUT2D eigenvalue weighted by Gasteiger charge is -2.06. The zero-order chi connectivity index (χ0) is 14.8. The summed E-state index contributed by atoms with van der Waals surface area (Å²) in [6.45, 7) is 0. The SMILES string of the molecule is Nc1cc(F)c(Sc2nnnn2-c2ccccc2)c(F)c1. The molecule has 0 spiro atoms. The van der Waals surface area contributed by atoms with Gasteiger partial charge in [-0.2, -0.15) is 4.68 Å². The Balaban J connectivity index is 1.99. The second-order valence-electron chi connectivity index (χ2n) is 4.12. The highest BCUT2D eigenvalue weighted by molar-refractivity contribution is 7.99. The van der Waals surface area contributed by atoms with Crippen LogP contribution < -0.4 is 5.73 Å². The van der Waals surface area contributed by atoms with Crippen molar-refractivity contribution in [2.45, 2.75) is 10.1 Å². The maximum atomic E-state index is 13.8. The van der Waals surface area contributed by atoms with E-state index in [0.717, 1.165) is 23.9 Å². The maximum absolute atomic E-state index is 13.8. The van der Waals surface area contributed by atoms with E-state index in [1.54, 1.807) is 12.1 Å². The van der Waals surface area contributed by atoms with Crippen LogP contribution in [0.4, 0.5) is 14.5 Å². The lowest BCUT2D eigenvalue weighted by Crippen LogP contribution is -2.00. The minimum Gasteiger partial charge on any atom is -0.399 e. The zero-order valence-electron chi connectivity index (χ0n) is 10.6. The normalized spacial score (nSPS) is 10.8. The van der Waals surface area contributed by atoms with Gasteiger partial charge in [-0.25, -0.2) is 8.78 Å². The van der Waals surface area contributed by atoms with E-state index in [2.05, 4.69) is 15.5 Å². The van der Waals surface area contributed by atoms with Crippen LogP contribution in [0.5, 0.6) is 0 Å². The summed E-state index contributed by atoms with van der Waals surface area (Å²) in [5.74, 6) is -1.50. The molecule has 0 atom stereocenters. The molecule has 1 heterocycles. The molecule has 0 unspecified atom stereocenters. The molecular weight excluding hydrogens is 296 g/mol. The first kappa shape index (κ1) is 13.5. The van der Waals surface area contributed by atoms with Crippen molar-refractivity contribution < 1.29 is 8.78 Å². The second kappa shape index (κ2) is 5.49. The van der Waals surface area contributed by atoms with Gasteiger partial charge in [-0.3, -0.25) is 0 Å². The van der Waals surface area contributed by atoms with Gasteiger partial charge in [0.25, 0.3) is 0 Å². The van der Waals surface area contributed by atoms with Gasteiger partial charge in [0.05, 0.1) is 10.6 Å². The highest BCUT2D eigenvalue weighted by Crippen LogP contribution is 2.32. The van der Waals surface area contributed by atoms with E-state index in [1.807, 2.05) is 18.2 Å². The maximum Gasteiger partial charge on any atom is 0.219 e. The number of halogens is 2. The summed E-state index contributed by atoms with van der Waals surface area (Å²) in [5, 5.41) is 11.4. The molecule has 0 aliphatic carbocycles. The van der Waals surface area contributed by atoms with Crippen LogP contribution in [0.1, 0.15) is 0 Å². The van der Waals surface area contributed by atoms with E-state index in [-0.39, 0.29) is 15.7 Å². The van der Waals surface area contributed by atoms with Crippen LogP contribution in [0.25, 0.3) is 5.69 Å². The van der Waals surface area contributed by atoms with Crippen LogP contribution in [0.15, 0.2) is 52.5 Å². The van der Waals surface area contributed by atoms with Crippen molar-refractivity contribution in [2.75, 3.05) is 5.73 Å². The summed E-state index contributed by atoms with van der Waals surface area (Å²) < 4.78 is 29.0. The molecule has 0 amide bonds. The number of para-hydroxylation sites is 1. The standard InChI is InChI=1S/C13H9F2N5S/c14-10-6-8(16)7-11(15)12(10)21-13-17-18-19-20(13)9-4-2-1-3-5-9/h1-7H,16H2. The molecule has 3 rings (SSSR count). The molecule has 0 aliphatic heterocycles. The number of hydrogen-bond acceptors (Lipinski definition) is 5. The molecular formula is C13H9F2N5S. The Morgan fingerprint density at radius 3 is 2.38 bits per heavy atom. The second-order valence-corrected chi connectivity index (χ2v) is 5.10. The third kappa shape index (κ3) is 2.70. The largest absolute Gasteiger partial charge is 0.399 e. The summed E-state index contributed by atoms with van der Waals surface area (Å²) in [6, 6.07) is 11.2. The number of nitrogens with zero attached hydrogens (tertiary/aromatic N) is 4. The lowest BCUT2D eigenvalue weighted by molar-refractivity contribution is 0.541. The average Bonchev–Trinajstić information content (AvgIpc) is 2.92. The molecule has 3 aromatic rings. The fraction of sp³-hybridized carbons (Fsp3) is 0. The zero-order valence-corrected chi connectivity index (χ0v) is 11.4. The Labute approximate surface area is 122 Å². The molecule has 0 radical (unpaired) electrons. The van der Waals surface area contributed by atoms with E-state index in [1.165, 1.54) is 4.68 Å². The van der Waals surface area contributed by atoms with E-state index >= 15 is 0 Å². The topological polar surface area (TPSA) is 69.6 Å². The number of rotatable bonds is 3. The predicted octanol–water partition coefficient (Wildman–Crippen LogP) is 2.67. The van der Waals surface area contributed by atoms with Gasteiger partial charge >= 0.3 is 0 Å². The van der Waals surface area contributed by atoms with Crippen LogP contribution in [-0.2, 0) is 0 Å². The molecule has 2 N–H and O–H groups in total. The first-order chi connectivity index (χ1) is 10.1. The van der Waals surface area contributed by atoms with Crippen LogP contribution in [0, 0.1) is 11.6 Å². The van der Waals surface area contributed by atoms with Gasteiger partial charge in [0.2, 0.25) is 5.16 Å². The minimum absolute atomic E-state index is 0.0250. The van der Waals surface area contributed by atoms with Crippen LogP contribution in [0.3, 0.4) is 0 Å². The van der Waals surface area contributed by atoms with Gasteiger partial charge in [-0.1, -0.05) is 18.2 Å². The first-order valence-corrected chi connectivity index (χ1v) is 6.73. The molecule has 0 saturated heterocycles. The number of benzene rings is 2. The summed E-state index contributed by atoms with van der Waals surface area (Å²) in [6.07, 6.45) is 0. The average molecular weight is 305 g/mol. The van der Waals surface area contributed by atoms with Crippen molar-refractivity contribution in [1.82, 2.24) is 20.2 Å². The highest BCUT2D eigenvalue weighted by Gasteiger charge is 2.17. The molecule has 0 fully saturated rings. The smallest absolute Gasteiger partial charge is 0.219 e. The summed E-state index contributed by atoms with van der Waals surface area (Å²) in [4.78, 5) is -0.198. The van der Waals surface area contributed by atoms with E-state index in [0.29, 0.717) is 5.69 Å². The molecule has 0 bridgehead atoms. The van der Waals surface area contributed by atoms with E-state index in [9.17, 15) is 8.78 Å². The molecule has 2 aromatic carbocycles. The Morgan fingerprint density at radius 1 is 1.05 bits per heavy atom. The van der Waals surface area contributed by atoms with Crippen molar-refractivity contribution >= 4 is 17.4 Å². The fourth-order valence-corrected chi connectivity index (χ4v) is 2.54. The Bertz CT molecular complexity index is 752. The van der Waals surface area contributed by atoms with Crippen LogP contribution in [0.2, 0.25) is 0 Å². The summed E-state index contributed by atoms with van der Waals surface area (Å²) >= 11 is 0.799. The molecule has 0 aliphatic rings. The quantitative estimate of drug-likeness (QED) is 0.753. The van der Waals surface area contributed by atoms with Crippen LogP contribution in [-0.4, -0.2) is 20.2 Å². The van der Waals surface area contributed by atoms with Gasteiger partial charge < -0.3 is 5.73 Å². The Hall–Kier alpha value is -2.48. The van der Waals surface area contributed by atoms with Crippen molar-refractivity contribution in [3.05, 3.63) is 54.1 Å². The van der Waals surface area contributed by atoms with E-state index in [4.69, 9.17) is 5.73 Å². The number of hydrogen-bond donors (Lipinski definition) is 1. The third-order valence-corrected chi connectivity index (χ3v) is 3.69. The molecule has 106 valence electrons. The van der Waals surface area contributed by atoms with Gasteiger partial charge in [0, 0.05) is 5.69 Å². The van der Waals surface area contributed by atoms with Crippen molar-refractivity contribution in [1.29, 1.82) is 0 Å². The van der Waals surface area contributed by atoms with Crippen molar-refractivity contribution in [3.63, 3.8) is 0 Å². The Morgan fingerprint density at radius 2 is 1.71 bits per heavy atom. The monoisotopic (exact) mass is 305 g/mol. The number of tetrazole rings is 1. The molecule has 0 saturated carbocycles. The highest BCUT2D eigenvalue weighted by atomic mass is 32.2. The van der Waals surface area contributed by atoms with Crippen molar-refractivity contribution in [2.24, 2.45) is 0 Å². The predicted molar refractivity (Wildman–Crippen MR) is 74.0 cm³/mol. The number of aromatic nitrogens is 4. The Kier molecular flexibility index (Phi) is 3.53. The molecule has 5 nitrogen and oxygen atoms in total. The number of nitrogens with two attached hydrogens (primary N) is 1. The van der Waals surface area contributed by atoms with E-state index < -0.39 is 11.6 Å². The number of nitrogen functional groups attached to an aromatic ring is 1. The molecule has 8 heteroatoms. The van der Waals surface area contributed by atoms with Gasteiger partial charge in [-0.15, -0.1) is 5.10 Å². The summed E-state index contributed by atoms with van der Waals surface area (Å²) in [5.41, 5.74) is 6.11. The van der Waals surface area contributed by atoms with Gasteiger partial charge in [-0.05, 0) is 46.5 Å². The first-order valence-electron chi connectivity index (χ1n) is 5.91. The molecule has 21 heavy (non-hydrogen) atoms. The molecule has 1 aromatic heterocycles. The number of anilines is 1. The fourth-order valence-electron chi connectivity index (χ4n) is 1.74. The van der Waals surface area contributed by atoms with Gasteiger partial charge in [0.15, 0.2) is 0 Å². The third-order valence-electron chi connectivity index (χ3n) is 2.66. The minimum atomic E-state index is -0.750. The van der Waals surface area contributed by atoms with Gasteiger partial charge in [0.1, 0.15) is 11.6 Å².